The van der Waals surface area contributed by atoms with Crippen LogP contribution in [0.2, 0.25) is 0 Å². The summed E-state index contributed by atoms with van der Waals surface area (Å²) in [5.41, 5.74) is 73.2. The van der Waals surface area contributed by atoms with E-state index in [-0.39, 0.29) is 90.7 Å². The first-order valence-corrected chi connectivity index (χ1v) is 40.0. The molecule has 8 rings (SSSR count). The first-order valence-electron chi connectivity index (χ1n) is 32.3. The monoisotopic (exact) mass is 1930 g/mol. The molecule has 0 fully saturated rings. The molecule has 0 amide bonds. The van der Waals surface area contributed by atoms with E-state index in [0.29, 0.717) is 97.9 Å². The van der Waals surface area contributed by atoms with Gasteiger partial charge in [0.1, 0.15) is 0 Å². The van der Waals surface area contributed by atoms with Crippen LogP contribution in [0.25, 0.3) is 0 Å². The zero-order valence-corrected chi connectivity index (χ0v) is 76.7. The Hall–Kier alpha value is -10.4. The van der Waals surface area contributed by atoms with Crippen molar-refractivity contribution in [3.63, 3.8) is 0 Å². The molecule has 0 atom stereocenters. The van der Waals surface area contributed by atoms with Gasteiger partial charge in [-0.15, -0.1) is 96.0 Å². The maximum Gasteiger partial charge on any atom is 0.160 e. The Morgan fingerprint density at radius 3 is 0.833 bits per heavy atom. The van der Waals surface area contributed by atoms with Crippen molar-refractivity contribution in [1.82, 2.24) is 29.9 Å². The second-order valence-electron chi connectivity index (χ2n) is 20.8. The molecule has 0 saturated heterocycles. The molecule has 0 aliphatic heterocycles. The molecule has 640 valence electrons. The average molecular weight is 1940 g/mol. The van der Waals surface area contributed by atoms with Gasteiger partial charge in [-0.1, -0.05) is 108 Å². The molecule has 120 heavy (non-hydrogen) atoms. The van der Waals surface area contributed by atoms with Crippen LogP contribution in [0, 0.1) is 112 Å². The van der Waals surface area contributed by atoms with Gasteiger partial charge in [-0.3, -0.25) is 51.5 Å². The summed E-state index contributed by atoms with van der Waals surface area (Å²) in [4.78, 5) is 23.9. The van der Waals surface area contributed by atoms with Crippen LogP contribution in [0.3, 0.4) is 0 Å². The first kappa shape index (κ1) is 125. The smallest absolute Gasteiger partial charge is 0.160 e. The lowest BCUT2D eigenvalue weighted by atomic mass is 10.1. The van der Waals surface area contributed by atoms with Crippen molar-refractivity contribution in [1.29, 1.82) is 63.7 Å². The summed E-state index contributed by atoms with van der Waals surface area (Å²) < 4.78 is 0. The summed E-state index contributed by atoms with van der Waals surface area (Å²) in [7, 11) is 0. The van der Waals surface area contributed by atoms with Crippen molar-refractivity contribution in [3.8, 4) is 48.6 Å². The van der Waals surface area contributed by atoms with Gasteiger partial charge in [-0.05, 0) is 163 Å². The number of rotatable bonds is 20. The number of nitrogens with one attached hydrogen (secondary N) is 4. The minimum atomic E-state index is 0. The molecule has 0 aliphatic carbocycles. The highest BCUT2D eigenvalue weighted by Crippen LogP contribution is 2.20. The number of nitrogens with zero attached hydrogens (tertiary/aromatic N) is 14. The van der Waals surface area contributed by atoms with E-state index in [1.165, 1.54) is 47.0 Å². The maximum absolute atomic E-state index is 8.60. The summed E-state index contributed by atoms with van der Waals surface area (Å²) in [5.74, 6) is 4.15. The van der Waals surface area contributed by atoms with Gasteiger partial charge in [0, 0.05) is 103 Å². The Kier molecular flexibility index (Phi) is 88.8. The second kappa shape index (κ2) is 85.1. The second-order valence-corrected chi connectivity index (χ2v) is 27.8. The van der Waals surface area contributed by atoms with Crippen molar-refractivity contribution >= 4 is 233 Å². The lowest BCUT2D eigenvalue weighted by Gasteiger charge is -2.04. The number of nitriles is 8. The van der Waals surface area contributed by atoms with Crippen molar-refractivity contribution in [2.24, 2.45) is 68.8 Å². The molecule has 0 radical (unpaired) electrons. The Morgan fingerprint density at radius 2 is 0.492 bits per heavy atom. The number of thiocarbonyl (C=S) groups is 4. The molecule has 30 nitrogen and oxygen atoms in total. The van der Waals surface area contributed by atoms with Crippen LogP contribution in [0.5, 0.6) is 0 Å². The molecule has 6 aromatic heterocycles. The highest BCUT2D eigenvalue weighted by atomic mass is 35.5. The molecule has 0 bridgehead atoms. The number of benzene rings is 2. The van der Waals surface area contributed by atoms with Crippen LogP contribution in [0.4, 0.5) is 0 Å². The summed E-state index contributed by atoms with van der Waals surface area (Å²) in [6.45, 7) is 0. The summed E-state index contributed by atoms with van der Waals surface area (Å²) in [6, 6.07) is 46.8. The molecule has 28 N–H and O–H groups in total. The predicted molar refractivity (Wildman–Crippen MR) is 517 cm³/mol. The number of pyridine rings is 6. The first-order chi connectivity index (χ1) is 55.4. The van der Waals surface area contributed by atoms with E-state index >= 15 is 0 Å². The summed E-state index contributed by atoms with van der Waals surface area (Å²) >= 11 is 43.8. The lowest BCUT2D eigenvalue weighted by molar-refractivity contribution is 1.08. The zero-order chi connectivity index (χ0) is 88.3. The number of thioether (sulfide) groups is 4. The minimum absolute atomic E-state index is 0. The van der Waals surface area contributed by atoms with E-state index in [1.807, 2.05) is 91.0 Å². The van der Waals surface area contributed by atoms with Gasteiger partial charge in [0.25, 0.3) is 0 Å². The largest absolute Gasteiger partial charge is 0.379 e. The van der Waals surface area contributed by atoms with Crippen LogP contribution in [0.1, 0.15) is 89.3 Å². The van der Waals surface area contributed by atoms with Gasteiger partial charge < -0.3 is 68.8 Å². The third kappa shape index (κ3) is 72.8. The van der Waals surface area contributed by atoms with Crippen LogP contribution >= 0.6 is 192 Å². The maximum atomic E-state index is 8.60. The molecule has 2 aromatic carbocycles. The van der Waals surface area contributed by atoms with Crippen LogP contribution in [-0.2, 0) is 97.9 Å². The molecular weight excluding hydrogens is 1850 g/mol. The van der Waals surface area contributed by atoms with E-state index in [1.54, 1.807) is 68.0 Å². The number of alkyl halides is 4. The highest BCUT2D eigenvalue weighted by molar-refractivity contribution is 8.13. The Bertz CT molecular complexity index is 4090. The predicted octanol–water partition coefficient (Wildman–Crippen LogP) is 12.3. The fourth-order valence-electron chi connectivity index (χ4n) is 7.55. The fraction of sp³-hybridized carbons (Fsp3) is 0.216. The summed E-state index contributed by atoms with van der Waals surface area (Å²) in [5, 5.41) is 96.7. The molecule has 6 heterocycles. The standard InChI is InChI=1S/C10H11N3S.C9H8ClN.3C9H10N4S.3C8H7ClN2.4CH4N2S.4ClH/c11-6-5-8-3-1-2-4-9(8)7-14-10(12)13;10-7-9-4-2-1-3-8(9)5-6-11;10-3-1-7-5-13-4-2-8(7)6-14-9(11)12;10-3-1-7-2-4-13-5-8(7)6-14-9(11)12;10-4-3-7-2-1-5-13-8(7)6-14-9(11)12;9-5-7-2-4-11-6-8(7)1-3-10;9-5-8-6-11-4-2-7(8)1-3-10;9-6-8-7(3-4-10)2-1-5-11-8;4*2-1(3)4;;;;/h1-4H,5,7H2,(H3,12,13);1-4H,5,7H2;2*2,4-5H,1,6H2,(H3,11,12);1-2,5H,3,6H2,(H3,11,12);2*2,4,6H,1,5H2;1-2,5H,3,6H2;4*(H4,2,3,4);4*1H. The Morgan fingerprint density at radius 1 is 0.275 bits per heavy atom. The van der Waals surface area contributed by atoms with Crippen LogP contribution in [-0.4, -0.2) is 71.0 Å². The van der Waals surface area contributed by atoms with Crippen molar-refractivity contribution in [2.45, 2.75) is 97.9 Å². The average Bonchev–Trinajstić information content (AvgIpc) is 0.895. The topological polar surface area (TPSA) is 675 Å². The molecule has 0 aliphatic rings. The molecule has 8 aromatic rings. The normalized spacial score (nSPS) is 8.50. The van der Waals surface area contributed by atoms with E-state index in [0.717, 1.165) is 89.3 Å². The van der Waals surface area contributed by atoms with Gasteiger partial charge >= 0.3 is 0 Å². The number of hydrogen-bond donors (Lipinski definition) is 16. The fourth-order valence-corrected chi connectivity index (χ4v) is 10.9. The Balaban J connectivity index is -0.000000193. The number of nitrogens with two attached hydrogens (primary N) is 12. The van der Waals surface area contributed by atoms with E-state index in [4.69, 9.17) is 133 Å². The van der Waals surface area contributed by atoms with Gasteiger partial charge in [0.05, 0.1) is 117 Å². The van der Waals surface area contributed by atoms with Crippen LogP contribution < -0.4 is 68.8 Å². The third-order valence-corrected chi connectivity index (χ3v) is 16.6. The zero-order valence-electron chi connectivity index (χ0n) is 63.9. The SMILES string of the molecule is Cl.Cl.Cl.Cl.N#CCc1ccccc1CCl.N#CCc1ccccc1CSC(=N)N.N#CCc1cccnc1CCl.N#CCc1cccnc1CSC(=N)N.N#CCc1ccncc1CCl.N#CCc1ccncc1CSC(=N)N.N#CCc1cnccc1CCl.N#CCc1cnccc1CSC(=N)N.NC(N)=S.NC(N)=S.NC(N)=S.NC(N)=S. The van der Waals surface area contributed by atoms with Crippen molar-refractivity contribution in [3.05, 3.63) is 248 Å². The molecule has 0 saturated carbocycles. The van der Waals surface area contributed by atoms with Crippen molar-refractivity contribution < 1.29 is 0 Å². The third-order valence-electron chi connectivity index (χ3n) is 12.5. The van der Waals surface area contributed by atoms with Gasteiger partial charge in [-0.2, -0.15) is 42.1 Å². The van der Waals surface area contributed by atoms with E-state index in [2.05, 4.69) is 173 Å². The molecule has 46 heteroatoms. The quantitative estimate of drug-likeness (QED) is 0.0146. The van der Waals surface area contributed by atoms with Gasteiger partial charge in [0.15, 0.2) is 41.1 Å². The minimum Gasteiger partial charge on any atom is -0.379 e. The molecule has 0 unspecified atom stereocenters. The molecule has 0 spiro atoms. The number of halogens is 8. The summed E-state index contributed by atoms with van der Waals surface area (Å²) in [6.07, 6.45) is 19.9. The number of aromatic nitrogens is 6. The number of hydrogen-bond acceptors (Lipinski definition) is 26. The Labute approximate surface area is 783 Å². The van der Waals surface area contributed by atoms with Gasteiger partial charge in [0.2, 0.25) is 0 Å². The molecular formula is C74H90Cl8N30S8. The van der Waals surface area contributed by atoms with Crippen LogP contribution in [0.15, 0.2) is 159 Å². The lowest BCUT2D eigenvalue weighted by Crippen LogP contribution is -2.18. The van der Waals surface area contributed by atoms with Crippen molar-refractivity contribution in [2.75, 3.05) is 0 Å². The van der Waals surface area contributed by atoms with Gasteiger partial charge in [-0.25, -0.2) is 0 Å². The van der Waals surface area contributed by atoms with E-state index < -0.39 is 0 Å². The van der Waals surface area contributed by atoms with E-state index in [9.17, 15) is 0 Å². The highest BCUT2D eigenvalue weighted by Gasteiger charge is 2.08. The number of amidine groups is 4.